The van der Waals surface area contributed by atoms with Crippen LogP contribution in [0.1, 0.15) is 28.3 Å². The number of hydrogen-bond acceptors (Lipinski definition) is 1. The van der Waals surface area contributed by atoms with Crippen molar-refractivity contribution in [2.24, 2.45) is 5.92 Å². The number of rotatable bonds is 3. The molecule has 0 aromatic heterocycles. The molecule has 0 saturated heterocycles. The highest BCUT2D eigenvalue weighted by Gasteiger charge is 2.44. The average molecular weight is 258 g/mol. The summed E-state index contributed by atoms with van der Waals surface area (Å²) in [6, 6.07) is 12.7. The molecule has 2 atom stereocenters. The predicted octanol–water partition coefficient (Wildman–Crippen LogP) is 3.95. The number of carbonyl (C=O) groups is 1. The molecule has 0 heterocycles. The first-order valence-electron chi connectivity index (χ1n) is 6.21. The number of halogens is 2. The van der Waals surface area contributed by atoms with Gasteiger partial charge in [0.1, 0.15) is 11.6 Å². The van der Waals surface area contributed by atoms with Gasteiger partial charge in [0.15, 0.2) is 5.78 Å². The molecule has 2 unspecified atom stereocenters. The first-order valence-corrected chi connectivity index (χ1v) is 6.21. The molecular weight excluding hydrogens is 246 g/mol. The lowest BCUT2D eigenvalue weighted by atomic mass is 10.0. The van der Waals surface area contributed by atoms with Gasteiger partial charge >= 0.3 is 0 Å². The maximum absolute atomic E-state index is 13.6. The van der Waals surface area contributed by atoms with Crippen molar-refractivity contribution in [3.8, 4) is 0 Å². The average Bonchev–Trinajstić information content (AvgIpc) is 3.22. The summed E-state index contributed by atoms with van der Waals surface area (Å²) in [6.45, 7) is 0. The number of hydrogen-bond donors (Lipinski definition) is 0. The lowest BCUT2D eigenvalue weighted by Gasteiger charge is -2.03. The monoisotopic (exact) mass is 258 g/mol. The topological polar surface area (TPSA) is 17.1 Å². The van der Waals surface area contributed by atoms with Gasteiger partial charge in [-0.2, -0.15) is 0 Å². The fraction of sp³-hybridized carbons (Fsp3) is 0.188. The fourth-order valence-corrected chi connectivity index (χ4v) is 2.44. The van der Waals surface area contributed by atoms with E-state index in [1.165, 1.54) is 0 Å². The second-order valence-electron chi connectivity index (χ2n) is 4.85. The summed E-state index contributed by atoms with van der Waals surface area (Å²) in [4.78, 5) is 12.2. The van der Waals surface area contributed by atoms with Crippen LogP contribution >= 0.6 is 0 Å². The molecule has 0 spiro atoms. The third kappa shape index (κ3) is 2.28. The zero-order valence-electron chi connectivity index (χ0n) is 10.1. The van der Waals surface area contributed by atoms with Crippen LogP contribution in [0.25, 0.3) is 0 Å². The largest absolute Gasteiger partial charge is 0.294 e. The van der Waals surface area contributed by atoms with E-state index in [1.807, 2.05) is 30.3 Å². The minimum atomic E-state index is -0.648. The first-order chi connectivity index (χ1) is 9.16. The van der Waals surface area contributed by atoms with Crippen LogP contribution in [0.2, 0.25) is 0 Å². The minimum absolute atomic E-state index is 0.136. The molecule has 2 aromatic carbocycles. The minimum Gasteiger partial charge on any atom is -0.294 e. The number of ketones is 1. The molecule has 3 rings (SSSR count). The third-order valence-electron chi connectivity index (χ3n) is 3.55. The summed E-state index contributed by atoms with van der Waals surface area (Å²) in [7, 11) is 0. The zero-order chi connectivity index (χ0) is 13.4. The summed E-state index contributed by atoms with van der Waals surface area (Å²) >= 11 is 0. The maximum atomic E-state index is 13.6. The van der Waals surface area contributed by atoms with Crippen molar-refractivity contribution in [2.45, 2.75) is 12.3 Å². The Hall–Kier alpha value is -2.03. The second-order valence-corrected chi connectivity index (χ2v) is 4.85. The molecule has 1 aliphatic carbocycles. The van der Waals surface area contributed by atoms with E-state index in [9.17, 15) is 13.6 Å². The van der Waals surface area contributed by atoms with Crippen molar-refractivity contribution in [2.75, 3.05) is 0 Å². The quantitative estimate of drug-likeness (QED) is 0.762. The molecule has 0 aliphatic heterocycles. The standard InChI is InChI=1S/C16H12F2O/c17-11-6-7-15(18)14(8-11)16(19)13-9-12(13)10-4-2-1-3-5-10/h1-8,12-13H,9H2. The summed E-state index contributed by atoms with van der Waals surface area (Å²) < 4.78 is 26.6. The Morgan fingerprint density at radius 3 is 2.53 bits per heavy atom. The van der Waals surface area contributed by atoms with E-state index in [-0.39, 0.29) is 23.2 Å². The zero-order valence-corrected chi connectivity index (χ0v) is 10.1. The van der Waals surface area contributed by atoms with Gasteiger partial charge in [0.05, 0.1) is 5.56 Å². The van der Waals surface area contributed by atoms with Crippen molar-refractivity contribution in [3.05, 3.63) is 71.3 Å². The van der Waals surface area contributed by atoms with Crippen LogP contribution in [0.3, 0.4) is 0 Å². The molecule has 0 bridgehead atoms. The Kier molecular flexibility index (Phi) is 2.90. The smallest absolute Gasteiger partial charge is 0.169 e. The molecule has 3 heteroatoms. The summed E-state index contributed by atoms with van der Waals surface area (Å²) in [5.74, 6) is -1.62. The Labute approximate surface area is 109 Å². The van der Waals surface area contributed by atoms with Crippen molar-refractivity contribution >= 4 is 5.78 Å². The summed E-state index contributed by atoms with van der Waals surface area (Å²) in [5.41, 5.74) is 0.945. The van der Waals surface area contributed by atoms with Crippen LogP contribution in [0, 0.1) is 17.6 Å². The second kappa shape index (κ2) is 4.57. The van der Waals surface area contributed by atoms with Gasteiger partial charge in [-0.05, 0) is 36.1 Å². The Balaban J connectivity index is 1.82. The van der Waals surface area contributed by atoms with Gasteiger partial charge in [-0.25, -0.2) is 8.78 Å². The number of benzene rings is 2. The molecule has 1 nitrogen and oxygen atoms in total. The maximum Gasteiger partial charge on any atom is 0.169 e. The van der Waals surface area contributed by atoms with E-state index in [0.29, 0.717) is 6.42 Å². The molecule has 19 heavy (non-hydrogen) atoms. The van der Waals surface area contributed by atoms with Crippen molar-refractivity contribution in [3.63, 3.8) is 0 Å². The van der Waals surface area contributed by atoms with E-state index in [0.717, 1.165) is 23.8 Å². The predicted molar refractivity (Wildman–Crippen MR) is 68.0 cm³/mol. The van der Waals surface area contributed by atoms with Crippen molar-refractivity contribution < 1.29 is 13.6 Å². The van der Waals surface area contributed by atoms with Crippen molar-refractivity contribution in [1.29, 1.82) is 0 Å². The van der Waals surface area contributed by atoms with Crippen LogP contribution < -0.4 is 0 Å². The molecule has 0 N–H and O–H groups in total. The van der Waals surface area contributed by atoms with Gasteiger partial charge in [0.25, 0.3) is 0 Å². The normalized spacial score (nSPS) is 21.2. The van der Waals surface area contributed by atoms with Gasteiger partial charge in [-0.1, -0.05) is 30.3 Å². The molecule has 2 aromatic rings. The summed E-state index contributed by atoms with van der Waals surface area (Å²) in [5, 5.41) is 0. The van der Waals surface area contributed by atoms with Gasteiger partial charge in [0, 0.05) is 5.92 Å². The highest BCUT2D eigenvalue weighted by Crippen LogP contribution is 2.49. The van der Waals surface area contributed by atoms with Crippen LogP contribution in [0.15, 0.2) is 48.5 Å². The van der Waals surface area contributed by atoms with Crippen LogP contribution in [-0.2, 0) is 0 Å². The van der Waals surface area contributed by atoms with E-state index in [2.05, 4.69) is 0 Å². The third-order valence-corrected chi connectivity index (χ3v) is 3.55. The van der Waals surface area contributed by atoms with Crippen molar-refractivity contribution in [1.82, 2.24) is 0 Å². The molecule has 0 radical (unpaired) electrons. The van der Waals surface area contributed by atoms with Crippen LogP contribution in [0.5, 0.6) is 0 Å². The lowest BCUT2D eigenvalue weighted by Crippen LogP contribution is -2.06. The lowest BCUT2D eigenvalue weighted by molar-refractivity contribution is 0.0960. The van der Waals surface area contributed by atoms with Crippen LogP contribution in [0.4, 0.5) is 8.78 Å². The molecular formula is C16H12F2O. The number of Topliss-reactive ketones (excluding diaryl/α,β-unsaturated/α-hetero) is 1. The fourth-order valence-electron chi connectivity index (χ4n) is 2.44. The van der Waals surface area contributed by atoms with E-state index in [4.69, 9.17) is 0 Å². The SMILES string of the molecule is O=C(c1cc(F)ccc1F)C1CC1c1ccccc1. The highest BCUT2D eigenvalue weighted by atomic mass is 19.1. The molecule has 1 aliphatic rings. The van der Waals surface area contributed by atoms with Gasteiger partial charge in [-0.15, -0.1) is 0 Å². The van der Waals surface area contributed by atoms with Gasteiger partial charge in [0.2, 0.25) is 0 Å². The number of carbonyl (C=O) groups excluding carboxylic acids is 1. The van der Waals surface area contributed by atoms with E-state index in [1.54, 1.807) is 0 Å². The van der Waals surface area contributed by atoms with Crippen LogP contribution in [-0.4, -0.2) is 5.78 Å². The Morgan fingerprint density at radius 1 is 1.05 bits per heavy atom. The van der Waals surface area contributed by atoms with E-state index < -0.39 is 11.6 Å². The first kappa shape index (κ1) is 12.0. The molecule has 0 amide bonds. The Morgan fingerprint density at radius 2 is 1.79 bits per heavy atom. The summed E-state index contributed by atoms with van der Waals surface area (Å²) in [6.07, 6.45) is 0.707. The van der Waals surface area contributed by atoms with Gasteiger partial charge < -0.3 is 0 Å². The molecule has 96 valence electrons. The Bertz CT molecular complexity index is 622. The molecule has 1 saturated carbocycles. The van der Waals surface area contributed by atoms with E-state index >= 15 is 0 Å². The molecule has 1 fully saturated rings. The van der Waals surface area contributed by atoms with Gasteiger partial charge in [-0.3, -0.25) is 4.79 Å². The highest BCUT2D eigenvalue weighted by molar-refractivity contribution is 6.00.